The highest BCUT2D eigenvalue weighted by Gasteiger charge is 2.18. The molecule has 2 aromatic heterocycles. The fourth-order valence-electron chi connectivity index (χ4n) is 2.97. The van der Waals surface area contributed by atoms with E-state index in [9.17, 15) is 9.90 Å². The first-order valence-corrected chi connectivity index (χ1v) is 9.41. The monoisotopic (exact) mass is 413 g/mol. The van der Waals surface area contributed by atoms with Crippen LogP contribution in [0.25, 0.3) is 16.9 Å². The summed E-state index contributed by atoms with van der Waals surface area (Å²) in [7, 11) is 1.46. The van der Waals surface area contributed by atoms with Crippen LogP contribution in [0.2, 0.25) is 0 Å². The summed E-state index contributed by atoms with van der Waals surface area (Å²) in [6.07, 6.45) is 6.44. The van der Waals surface area contributed by atoms with E-state index < -0.39 is 5.91 Å². The van der Waals surface area contributed by atoms with Crippen LogP contribution in [0.5, 0.6) is 11.5 Å². The number of para-hydroxylation sites is 1. The van der Waals surface area contributed by atoms with Crippen LogP contribution in [0, 0.1) is 0 Å². The topological polar surface area (TPSA) is 102 Å². The van der Waals surface area contributed by atoms with Gasteiger partial charge in [0.15, 0.2) is 11.5 Å². The zero-order valence-corrected chi connectivity index (χ0v) is 16.6. The molecule has 1 amide bonds. The second-order valence-corrected chi connectivity index (χ2v) is 6.54. The minimum absolute atomic E-state index is 0.0260. The smallest absolute Gasteiger partial charge is 0.275 e. The van der Waals surface area contributed by atoms with Crippen LogP contribution in [-0.4, -0.2) is 39.1 Å². The summed E-state index contributed by atoms with van der Waals surface area (Å²) >= 11 is 0. The lowest BCUT2D eigenvalue weighted by atomic mass is 10.1. The van der Waals surface area contributed by atoms with E-state index in [1.165, 1.54) is 19.4 Å². The van der Waals surface area contributed by atoms with Gasteiger partial charge in [-0.25, -0.2) is 10.1 Å². The van der Waals surface area contributed by atoms with E-state index in [1.807, 2.05) is 36.4 Å². The summed E-state index contributed by atoms with van der Waals surface area (Å²) in [6.45, 7) is 0. The van der Waals surface area contributed by atoms with Gasteiger partial charge >= 0.3 is 0 Å². The van der Waals surface area contributed by atoms with Gasteiger partial charge in [0.2, 0.25) is 0 Å². The van der Waals surface area contributed by atoms with E-state index >= 15 is 0 Å². The van der Waals surface area contributed by atoms with Crippen LogP contribution in [0.3, 0.4) is 0 Å². The van der Waals surface area contributed by atoms with Crippen LogP contribution in [0.4, 0.5) is 0 Å². The van der Waals surface area contributed by atoms with Crippen LogP contribution in [0.15, 0.2) is 84.4 Å². The summed E-state index contributed by atoms with van der Waals surface area (Å²) in [5.41, 5.74) is 5.58. The lowest BCUT2D eigenvalue weighted by molar-refractivity contribution is 0.0955. The molecular formula is C23H19N5O3. The fourth-order valence-corrected chi connectivity index (χ4v) is 2.97. The molecule has 0 spiro atoms. The summed E-state index contributed by atoms with van der Waals surface area (Å²) in [5, 5.41) is 18.3. The Kier molecular flexibility index (Phi) is 5.70. The molecule has 0 fully saturated rings. The summed E-state index contributed by atoms with van der Waals surface area (Å²) in [6, 6.07) is 17.9. The Morgan fingerprint density at radius 3 is 2.74 bits per heavy atom. The Bertz CT molecular complexity index is 1220. The maximum atomic E-state index is 12.9. The van der Waals surface area contributed by atoms with Gasteiger partial charge in [-0.3, -0.25) is 9.78 Å². The van der Waals surface area contributed by atoms with Crippen molar-refractivity contribution in [1.82, 2.24) is 20.2 Å². The molecule has 0 aliphatic rings. The van der Waals surface area contributed by atoms with Gasteiger partial charge in [-0.1, -0.05) is 18.2 Å². The Labute approximate surface area is 178 Å². The van der Waals surface area contributed by atoms with Crippen LogP contribution >= 0.6 is 0 Å². The molecule has 0 aliphatic heterocycles. The number of nitrogens with zero attached hydrogens (tertiary/aromatic N) is 4. The quantitative estimate of drug-likeness (QED) is 0.373. The normalized spacial score (nSPS) is 10.9. The van der Waals surface area contributed by atoms with Gasteiger partial charge in [-0.15, -0.1) is 0 Å². The van der Waals surface area contributed by atoms with Crippen LogP contribution < -0.4 is 10.2 Å². The van der Waals surface area contributed by atoms with Crippen molar-refractivity contribution in [3.05, 3.63) is 90.4 Å². The van der Waals surface area contributed by atoms with E-state index in [4.69, 9.17) is 4.74 Å². The van der Waals surface area contributed by atoms with Gasteiger partial charge in [-0.05, 0) is 48.0 Å². The van der Waals surface area contributed by atoms with Crippen LogP contribution in [0.1, 0.15) is 15.9 Å². The molecule has 0 bridgehead atoms. The Morgan fingerprint density at radius 2 is 2.00 bits per heavy atom. The van der Waals surface area contributed by atoms with Crippen molar-refractivity contribution in [3.8, 4) is 28.4 Å². The first-order chi connectivity index (χ1) is 15.2. The van der Waals surface area contributed by atoms with Crippen molar-refractivity contribution in [2.24, 2.45) is 5.10 Å². The summed E-state index contributed by atoms with van der Waals surface area (Å²) in [5.74, 6) is -0.0700. The van der Waals surface area contributed by atoms with Crippen molar-refractivity contribution in [1.29, 1.82) is 0 Å². The number of carbonyl (C=O) groups is 1. The van der Waals surface area contributed by atoms with Crippen molar-refractivity contribution in [2.75, 3.05) is 7.11 Å². The molecule has 31 heavy (non-hydrogen) atoms. The van der Waals surface area contributed by atoms with Gasteiger partial charge < -0.3 is 9.84 Å². The third kappa shape index (κ3) is 4.43. The zero-order valence-electron chi connectivity index (χ0n) is 16.6. The van der Waals surface area contributed by atoms with Gasteiger partial charge in [0.05, 0.1) is 24.6 Å². The Hall–Kier alpha value is -4.46. The predicted octanol–water partition coefficient (Wildman–Crippen LogP) is 3.41. The highest BCUT2D eigenvalue weighted by Crippen LogP contribution is 2.26. The molecule has 0 saturated carbocycles. The number of carbonyl (C=O) groups excluding carboxylic acids is 1. The molecule has 4 rings (SSSR count). The number of methoxy groups -OCH3 is 1. The molecule has 8 heteroatoms. The molecule has 8 nitrogen and oxygen atoms in total. The third-order valence-corrected chi connectivity index (χ3v) is 4.50. The number of ether oxygens (including phenoxy) is 1. The number of benzene rings is 2. The molecule has 4 aromatic rings. The molecule has 2 heterocycles. The first-order valence-electron chi connectivity index (χ1n) is 9.41. The second kappa shape index (κ2) is 8.91. The van der Waals surface area contributed by atoms with Crippen molar-refractivity contribution >= 4 is 12.1 Å². The number of hydrogen-bond donors (Lipinski definition) is 2. The first kappa shape index (κ1) is 19.8. The molecule has 0 radical (unpaired) electrons. The summed E-state index contributed by atoms with van der Waals surface area (Å²) in [4.78, 5) is 17.0. The largest absolute Gasteiger partial charge is 0.504 e. The molecule has 0 aliphatic carbocycles. The van der Waals surface area contributed by atoms with Gasteiger partial charge in [-0.2, -0.15) is 10.2 Å². The Morgan fingerprint density at radius 1 is 1.16 bits per heavy atom. The number of nitrogens with one attached hydrogen (secondary N) is 1. The fraction of sp³-hybridized carbons (Fsp3) is 0.0435. The standard InChI is InChI=1S/C23H19N5O3/c1-31-21-12-16(9-10-20(21)29)13-25-26-23(30)19-15-28(18-7-3-2-4-8-18)27-22(19)17-6-5-11-24-14-17/h2-15,29H,1H3,(H,26,30)/b25-13-. The number of aromatic hydroxyl groups is 1. The Balaban J connectivity index is 1.61. The predicted molar refractivity (Wildman–Crippen MR) is 117 cm³/mol. The summed E-state index contributed by atoms with van der Waals surface area (Å²) < 4.78 is 6.72. The average Bonchev–Trinajstić information content (AvgIpc) is 3.27. The number of hydrazone groups is 1. The molecule has 0 unspecified atom stereocenters. The maximum absolute atomic E-state index is 12.9. The highest BCUT2D eigenvalue weighted by atomic mass is 16.5. The zero-order chi connectivity index (χ0) is 21.6. The lowest BCUT2D eigenvalue weighted by Gasteiger charge is -2.03. The maximum Gasteiger partial charge on any atom is 0.275 e. The molecule has 0 saturated heterocycles. The number of aromatic nitrogens is 3. The average molecular weight is 413 g/mol. The second-order valence-electron chi connectivity index (χ2n) is 6.54. The minimum Gasteiger partial charge on any atom is -0.504 e. The molecule has 154 valence electrons. The number of pyridine rings is 1. The number of phenolic OH excluding ortho intramolecular Hbond substituents is 1. The van der Waals surface area contributed by atoms with E-state index in [2.05, 4.69) is 20.6 Å². The lowest BCUT2D eigenvalue weighted by Crippen LogP contribution is -2.18. The minimum atomic E-state index is -0.414. The molecular weight excluding hydrogens is 394 g/mol. The van der Waals surface area contributed by atoms with Gasteiger partial charge in [0, 0.05) is 24.2 Å². The van der Waals surface area contributed by atoms with Gasteiger partial charge in [0.1, 0.15) is 5.69 Å². The number of amides is 1. The SMILES string of the molecule is COc1cc(/C=N\NC(=O)c2cn(-c3ccccc3)nc2-c2cccnc2)ccc1O. The molecule has 0 atom stereocenters. The van der Waals surface area contributed by atoms with E-state index in [1.54, 1.807) is 41.5 Å². The van der Waals surface area contributed by atoms with E-state index in [-0.39, 0.29) is 5.75 Å². The van der Waals surface area contributed by atoms with Crippen molar-refractivity contribution in [2.45, 2.75) is 0 Å². The van der Waals surface area contributed by atoms with E-state index in [0.29, 0.717) is 22.6 Å². The molecule has 2 N–H and O–H groups in total. The van der Waals surface area contributed by atoms with E-state index in [0.717, 1.165) is 11.3 Å². The third-order valence-electron chi connectivity index (χ3n) is 4.50. The number of rotatable bonds is 6. The number of phenols is 1. The van der Waals surface area contributed by atoms with Crippen molar-refractivity contribution < 1.29 is 14.6 Å². The van der Waals surface area contributed by atoms with Crippen LogP contribution in [-0.2, 0) is 0 Å². The molecule has 2 aromatic carbocycles. The van der Waals surface area contributed by atoms with Crippen molar-refractivity contribution in [3.63, 3.8) is 0 Å². The van der Waals surface area contributed by atoms with Gasteiger partial charge in [0.25, 0.3) is 5.91 Å². The number of hydrogen-bond acceptors (Lipinski definition) is 6. The highest BCUT2D eigenvalue weighted by molar-refractivity contribution is 6.00.